The highest BCUT2D eigenvalue weighted by Gasteiger charge is 2.67. The van der Waals surface area contributed by atoms with E-state index in [1.165, 1.54) is 36.4 Å². The number of fused-ring (bicyclic) bond motifs is 1. The molecule has 47 heavy (non-hydrogen) atoms. The van der Waals surface area contributed by atoms with Crippen LogP contribution in [0.4, 0.5) is 10.1 Å². The third-order valence-corrected chi connectivity index (χ3v) is 8.85. The molecule has 0 aromatic heterocycles. The van der Waals surface area contributed by atoms with Crippen LogP contribution in [0, 0.1) is 5.82 Å². The van der Waals surface area contributed by atoms with Crippen LogP contribution in [0.5, 0.6) is 0 Å². The molecule has 2 aromatic rings. The number of imide groups is 1. The molecule has 0 saturated carbocycles. The fourth-order valence-electron chi connectivity index (χ4n) is 5.69. The molecule has 2 saturated heterocycles. The summed E-state index contributed by atoms with van der Waals surface area (Å²) in [6.45, 7) is -1.23. The van der Waals surface area contributed by atoms with Crippen LogP contribution in [-0.4, -0.2) is 160 Å². The van der Waals surface area contributed by atoms with Gasteiger partial charge in [-0.15, -0.1) is 0 Å². The third kappa shape index (κ3) is 4.92. The summed E-state index contributed by atoms with van der Waals surface area (Å²) >= 11 is 0. The van der Waals surface area contributed by atoms with Gasteiger partial charge in [0.1, 0.15) is 46.0 Å². The van der Waals surface area contributed by atoms with E-state index in [1.54, 1.807) is 5.32 Å². The number of rotatable bonds is 6. The van der Waals surface area contributed by atoms with E-state index in [0.29, 0.717) is 4.90 Å². The van der Waals surface area contributed by atoms with Crippen molar-refractivity contribution in [2.45, 2.75) is 57.8 Å². The molecule has 0 bridgehead atoms. The maximum absolute atomic E-state index is 15.9. The summed E-state index contributed by atoms with van der Waals surface area (Å²) in [6, 6.07) is 8.63. The standard InChI is InChI=1S/C25H17B10FN4O7/c26-19(17(42)38-18(43)20(27,44)21(19,28)45)39-9-13-12(16(39)41)5-2-6-14(13)37-7-10-3-1-4-11(15(10)36)8-40-22(29,30)24(33,34)47-25(35,46)23(40,31)32/h1-6,37,44-46H,7-9H2,(H,38,42,43). The Bertz CT molecular complexity index is 1670. The van der Waals surface area contributed by atoms with E-state index in [9.17, 15) is 29.7 Å². The van der Waals surface area contributed by atoms with Crippen molar-refractivity contribution in [3.8, 4) is 0 Å². The molecule has 5 N–H and O–H groups in total. The number of carbonyl (C=O) groups is 3. The van der Waals surface area contributed by atoms with Crippen LogP contribution in [0.3, 0.4) is 0 Å². The SMILES string of the molecule is [B]C1([B])OC([B])(O)C([B])([B])N(Cc2cccc(CNc3cccc4c3CN(C3([B])C(=O)NC(=O)C([B])(O)C3([B])O)C4=O)c2F)C1([B])[B]. The van der Waals surface area contributed by atoms with Gasteiger partial charge in [0.15, 0.2) is 7.85 Å². The summed E-state index contributed by atoms with van der Waals surface area (Å²) in [4.78, 5) is 39.8. The molecule has 4 unspecified atom stereocenters. The Morgan fingerprint density at radius 3 is 2.09 bits per heavy atom. The summed E-state index contributed by atoms with van der Waals surface area (Å²) in [5.74, 6) is -4.63. The Morgan fingerprint density at radius 2 is 1.45 bits per heavy atom. The first-order chi connectivity index (χ1) is 21.4. The van der Waals surface area contributed by atoms with E-state index in [0.717, 1.165) is 4.90 Å². The number of nitrogens with zero attached hydrogens (tertiary/aromatic N) is 2. The van der Waals surface area contributed by atoms with Crippen molar-refractivity contribution in [1.82, 2.24) is 15.1 Å². The van der Waals surface area contributed by atoms with Gasteiger partial charge in [-0.3, -0.25) is 19.7 Å². The highest BCUT2D eigenvalue weighted by Crippen LogP contribution is 2.43. The normalized spacial score (nSPS) is 32.9. The molecule has 3 heterocycles. The van der Waals surface area contributed by atoms with Crippen LogP contribution in [0.25, 0.3) is 0 Å². The van der Waals surface area contributed by atoms with E-state index in [2.05, 4.69) is 5.32 Å². The predicted molar refractivity (Wildman–Crippen MR) is 173 cm³/mol. The molecule has 2 aromatic carbocycles. The van der Waals surface area contributed by atoms with Crippen molar-refractivity contribution in [3.05, 3.63) is 64.5 Å². The van der Waals surface area contributed by atoms with Crippen molar-refractivity contribution in [2.24, 2.45) is 0 Å². The average molecular weight is 613 g/mol. The van der Waals surface area contributed by atoms with Crippen molar-refractivity contribution in [2.75, 3.05) is 5.32 Å². The molecule has 4 atom stereocenters. The first kappa shape index (κ1) is 35.5. The fraction of sp³-hybridized carbons (Fsp3) is 0.400. The van der Waals surface area contributed by atoms with Gasteiger partial charge >= 0.3 is 0 Å². The number of benzene rings is 2. The van der Waals surface area contributed by atoms with Gasteiger partial charge < -0.3 is 35.2 Å². The highest BCUT2D eigenvalue weighted by atomic mass is 19.1. The molecule has 22 heteroatoms. The molecule has 11 nitrogen and oxygen atoms in total. The zero-order valence-corrected chi connectivity index (χ0v) is 24.6. The summed E-state index contributed by atoms with van der Waals surface area (Å²) < 4.78 is 20.9. The zero-order chi connectivity index (χ0) is 35.3. The zero-order valence-electron chi connectivity index (χ0n) is 24.6. The lowest BCUT2D eigenvalue weighted by molar-refractivity contribution is -0.248. The summed E-state index contributed by atoms with van der Waals surface area (Å²) in [7, 11) is 59.1. The lowest BCUT2D eigenvalue weighted by Gasteiger charge is -2.68. The Kier molecular flexibility index (Phi) is 8.22. The van der Waals surface area contributed by atoms with Gasteiger partial charge in [-0.25, -0.2) is 4.39 Å². The van der Waals surface area contributed by atoms with Gasteiger partial charge in [0.05, 0.1) is 52.6 Å². The first-order valence-corrected chi connectivity index (χ1v) is 13.7. The number of hydrogen-bond donors (Lipinski definition) is 5. The lowest BCUT2D eigenvalue weighted by Crippen LogP contribution is -2.86. The Hall–Kier alpha value is -2.77. The number of nitrogens with one attached hydrogen (secondary N) is 2. The second-order valence-corrected chi connectivity index (χ2v) is 11.9. The number of hydrogen-bond acceptors (Lipinski definition) is 9. The van der Waals surface area contributed by atoms with Crippen LogP contribution >= 0.6 is 0 Å². The minimum Gasteiger partial charge on any atom is -0.395 e. The van der Waals surface area contributed by atoms with E-state index in [4.69, 9.17) is 83.2 Å². The van der Waals surface area contributed by atoms with Crippen LogP contribution in [-0.2, 0) is 34.0 Å². The maximum atomic E-state index is 15.9. The molecule has 20 radical (unpaired) electrons. The average Bonchev–Trinajstić information content (AvgIpc) is 3.30. The Morgan fingerprint density at radius 1 is 0.851 bits per heavy atom. The molecule has 3 amide bonds. The summed E-state index contributed by atoms with van der Waals surface area (Å²) in [5, 5.41) is 29.1. The van der Waals surface area contributed by atoms with Gasteiger partial charge in [-0.05, 0) is 28.2 Å². The van der Waals surface area contributed by atoms with E-state index in [1.807, 2.05) is 0 Å². The maximum Gasteiger partial charge on any atom is 0.254 e. The van der Waals surface area contributed by atoms with Gasteiger partial charge in [0.25, 0.3) is 11.8 Å². The molecular formula is C25H17B10FN4O7. The molecule has 3 aliphatic heterocycles. The molecule has 0 aliphatic carbocycles. The number of morpholine rings is 1. The number of halogens is 1. The molecule has 2 fully saturated rings. The van der Waals surface area contributed by atoms with E-state index < -0.39 is 74.8 Å². The molecule has 5 rings (SSSR count). The monoisotopic (exact) mass is 614 g/mol. The van der Waals surface area contributed by atoms with Crippen molar-refractivity contribution in [1.29, 1.82) is 0 Å². The van der Waals surface area contributed by atoms with Crippen LogP contribution in [0.2, 0.25) is 0 Å². The second-order valence-electron chi connectivity index (χ2n) is 11.9. The van der Waals surface area contributed by atoms with Gasteiger partial charge in [0.2, 0.25) is 5.91 Å². The summed E-state index contributed by atoms with van der Waals surface area (Å²) in [6.07, 6.45) is 0. The number of anilines is 1. The van der Waals surface area contributed by atoms with Crippen molar-refractivity contribution in [3.63, 3.8) is 0 Å². The topological polar surface area (TPSA) is 152 Å². The Labute approximate surface area is 282 Å². The van der Waals surface area contributed by atoms with E-state index >= 15 is 4.39 Å². The Balaban J connectivity index is 1.42. The fourth-order valence-corrected chi connectivity index (χ4v) is 5.69. The largest absolute Gasteiger partial charge is 0.395 e. The van der Waals surface area contributed by atoms with Crippen LogP contribution < -0.4 is 10.6 Å². The predicted octanol–water partition coefficient (Wildman–Crippen LogP) is -5.75. The lowest BCUT2D eigenvalue weighted by atomic mass is 9.34. The highest BCUT2D eigenvalue weighted by molar-refractivity contribution is 6.56. The number of piperidine rings is 1. The molecular weight excluding hydrogens is 595 g/mol. The minimum atomic E-state index is -3.34. The van der Waals surface area contributed by atoms with E-state index in [-0.39, 0.29) is 34.5 Å². The first-order valence-electron chi connectivity index (χ1n) is 13.7. The van der Waals surface area contributed by atoms with Crippen molar-refractivity contribution < 1.29 is 38.8 Å². The van der Waals surface area contributed by atoms with Gasteiger partial charge in [-0.2, -0.15) is 0 Å². The summed E-state index contributed by atoms with van der Waals surface area (Å²) in [5.41, 5.74) is -11.9. The second kappa shape index (κ2) is 10.9. The molecule has 0 spiro atoms. The number of aliphatic hydroxyl groups is 3. The minimum absolute atomic E-state index is 0.00760. The number of carbonyl (C=O) groups excluding carboxylic acids is 3. The van der Waals surface area contributed by atoms with Gasteiger partial charge in [0, 0.05) is 47.6 Å². The van der Waals surface area contributed by atoms with Crippen molar-refractivity contribution >= 4 is 102 Å². The third-order valence-electron chi connectivity index (χ3n) is 8.85. The number of amides is 3. The quantitative estimate of drug-likeness (QED) is 0.159. The van der Waals surface area contributed by atoms with Crippen LogP contribution in [0.1, 0.15) is 27.0 Å². The van der Waals surface area contributed by atoms with Gasteiger partial charge in [-0.1, -0.05) is 24.3 Å². The molecule has 216 valence electrons. The molecule has 3 aliphatic rings. The van der Waals surface area contributed by atoms with Crippen LogP contribution in [0.15, 0.2) is 36.4 Å². The smallest absolute Gasteiger partial charge is 0.254 e. The number of ether oxygens (including phenoxy) is 1.